The molecule has 3 nitrogen and oxygen atoms in total. The average molecular weight is 230 g/mol. The van der Waals surface area contributed by atoms with Gasteiger partial charge in [0.15, 0.2) is 0 Å². The summed E-state index contributed by atoms with van der Waals surface area (Å²) in [5, 5.41) is 2.80. The van der Waals surface area contributed by atoms with Crippen molar-refractivity contribution in [2.45, 2.75) is 32.2 Å². The Balaban J connectivity index is 2.54. The van der Waals surface area contributed by atoms with E-state index in [0.717, 1.165) is 11.3 Å². The van der Waals surface area contributed by atoms with Crippen LogP contribution in [0.2, 0.25) is 0 Å². The smallest absolute Gasteiger partial charge is 0.224 e. The highest BCUT2D eigenvalue weighted by atomic mass is 16.1. The van der Waals surface area contributed by atoms with Crippen LogP contribution < -0.4 is 11.1 Å². The van der Waals surface area contributed by atoms with Gasteiger partial charge in [0.2, 0.25) is 5.91 Å². The molecule has 0 fully saturated rings. The fourth-order valence-electron chi connectivity index (χ4n) is 1.35. The van der Waals surface area contributed by atoms with E-state index < -0.39 is 0 Å². The van der Waals surface area contributed by atoms with Gasteiger partial charge in [0.25, 0.3) is 0 Å². The van der Waals surface area contributed by atoms with Gasteiger partial charge in [-0.15, -0.1) is 6.42 Å². The molecule has 0 aromatic heterocycles. The van der Waals surface area contributed by atoms with E-state index in [-0.39, 0.29) is 11.4 Å². The summed E-state index contributed by atoms with van der Waals surface area (Å²) in [7, 11) is 0. The number of anilines is 1. The van der Waals surface area contributed by atoms with Gasteiger partial charge in [-0.2, -0.15) is 0 Å². The lowest BCUT2D eigenvalue weighted by molar-refractivity contribution is -0.116. The van der Waals surface area contributed by atoms with E-state index in [9.17, 15) is 4.79 Å². The van der Waals surface area contributed by atoms with E-state index in [1.165, 1.54) is 0 Å². The first-order chi connectivity index (χ1) is 7.90. The fourth-order valence-corrected chi connectivity index (χ4v) is 1.35. The van der Waals surface area contributed by atoms with Crippen LogP contribution in [0.15, 0.2) is 24.3 Å². The van der Waals surface area contributed by atoms with Crippen molar-refractivity contribution in [3.8, 4) is 12.3 Å². The van der Waals surface area contributed by atoms with E-state index in [2.05, 4.69) is 11.2 Å². The number of amides is 1. The predicted octanol–water partition coefficient (Wildman–Crippen LogP) is 2.12. The fraction of sp³-hybridized carbons (Fsp3) is 0.357. The van der Waals surface area contributed by atoms with Gasteiger partial charge in [-0.3, -0.25) is 4.79 Å². The molecule has 0 heterocycles. The second-order valence-electron chi connectivity index (χ2n) is 4.76. The van der Waals surface area contributed by atoms with Crippen LogP contribution in [0.25, 0.3) is 0 Å². The molecule has 0 saturated heterocycles. The summed E-state index contributed by atoms with van der Waals surface area (Å²) in [6.07, 6.45) is 6.34. The third-order valence-corrected chi connectivity index (χ3v) is 2.31. The minimum absolute atomic E-state index is 0.0438. The number of carbonyl (C=O) groups is 1. The highest BCUT2D eigenvalue weighted by molar-refractivity contribution is 5.90. The van der Waals surface area contributed by atoms with Gasteiger partial charge in [-0.05, 0) is 38.5 Å². The number of terminal acetylenes is 1. The SMILES string of the molecule is C#Cc1cccc(NC(=O)CCC(C)(C)N)c1. The molecule has 0 spiro atoms. The Kier molecular flexibility index (Phi) is 4.30. The largest absolute Gasteiger partial charge is 0.326 e. The maximum atomic E-state index is 11.6. The second kappa shape index (κ2) is 5.51. The van der Waals surface area contributed by atoms with E-state index in [1.54, 1.807) is 6.07 Å². The first-order valence-corrected chi connectivity index (χ1v) is 5.56. The zero-order valence-corrected chi connectivity index (χ0v) is 10.3. The van der Waals surface area contributed by atoms with Crippen molar-refractivity contribution in [2.75, 3.05) is 5.32 Å². The Labute approximate surface area is 102 Å². The highest BCUT2D eigenvalue weighted by Crippen LogP contribution is 2.12. The highest BCUT2D eigenvalue weighted by Gasteiger charge is 2.13. The molecule has 0 aliphatic heterocycles. The lowest BCUT2D eigenvalue weighted by Gasteiger charge is -2.17. The molecule has 1 rings (SSSR count). The molecule has 0 radical (unpaired) electrons. The summed E-state index contributed by atoms with van der Waals surface area (Å²) in [6.45, 7) is 3.80. The molecule has 0 unspecified atom stereocenters. The van der Waals surface area contributed by atoms with Crippen LogP contribution in [0.5, 0.6) is 0 Å². The van der Waals surface area contributed by atoms with E-state index in [0.29, 0.717) is 12.8 Å². The van der Waals surface area contributed by atoms with Crippen LogP contribution in [0, 0.1) is 12.3 Å². The molecule has 1 aromatic rings. The van der Waals surface area contributed by atoms with Crippen molar-refractivity contribution < 1.29 is 4.79 Å². The number of hydrogen-bond acceptors (Lipinski definition) is 2. The van der Waals surface area contributed by atoms with Gasteiger partial charge in [0.1, 0.15) is 0 Å². The van der Waals surface area contributed by atoms with Crippen molar-refractivity contribution in [2.24, 2.45) is 5.73 Å². The number of rotatable bonds is 4. The molecule has 0 saturated carbocycles. The van der Waals surface area contributed by atoms with Crippen LogP contribution in [-0.4, -0.2) is 11.4 Å². The van der Waals surface area contributed by atoms with Crippen molar-refractivity contribution in [3.05, 3.63) is 29.8 Å². The topological polar surface area (TPSA) is 55.1 Å². The van der Waals surface area contributed by atoms with Crippen LogP contribution >= 0.6 is 0 Å². The summed E-state index contributed by atoms with van der Waals surface area (Å²) in [5.74, 6) is 2.48. The Morgan fingerprint density at radius 3 is 2.82 bits per heavy atom. The van der Waals surface area contributed by atoms with Crippen molar-refractivity contribution in [3.63, 3.8) is 0 Å². The zero-order valence-electron chi connectivity index (χ0n) is 10.3. The minimum Gasteiger partial charge on any atom is -0.326 e. The summed E-state index contributed by atoms with van der Waals surface area (Å²) in [4.78, 5) is 11.6. The number of hydrogen-bond donors (Lipinski definition) is 2. The number of carbonyl (C=O) groups excluding carboxylic acids is 1. The lowest BCUT2D eigenvalue weighted by atomic mass is 10.00. The van der Waals surface area contributed by atoms with Gasteiger partial charge in [0, 0.05) is 23.2 Å². The average Bonchev–Trinajstić information content (AvgIpc) is 2.26. The molecular formula is C14H18N2O. The summed E-state index contributed by atoms with van der Waals surface area (Å²) >= 11 is 0. The third-order valence-electron chi connectivity index (χ3n) is 2.31. The molecule has 90 valence electrons. The van der Waals surface area contributed by atoms with Gasteiger partial charge in [0.05, 0.1) is 0 Å². The first-order valence-electron chi connectivity index (χ1n) is 5.56. The van der Waals surface area contributed by atoms with Gasteiger partial charge >= 0.3 is 0 Å². The van der Waals surface area contributed by atoms with Crippen molar-refractivity contribution in [1.29, 1.82) is 0 Å². The summed E-state index contributed by atoms with van der Waals surface area (Å²) < 4.78 is 0. The summed E-state index contributed by atoms with van der Waals surface area (Å²) in [6, 6.07) is 7.22. The maximum absolute atomic E-state index is 11.6. The minimum atomic E-state index is -0.321. The van der Waals surface area contributed by atoms with Gasteiger partial charge in [-0.25, -0.2) is 0 Å². The molecule has 0 atom stereocenters. The van der Waals surface area contributed by atoms with E-state index in [4.69, 9.17) is 12.2 Å². The van der Waals surface area contributed by atoms with E-state index in [1.807, 2.05) is 32.0 Å². The maximum Gasteiger partial charge on any atom is 0.224 e. The first kappa shape index (κ1) is 13.3. The van der Waals surface area contributed by atoms with Crippen LogP contribution in [0.3, 0.4) is 0 Å². The number of nitrogens with two attached hydrogens (primary N) is 1. The zero-order chi connectivity index (χ0) is 12.9. The monoisotopic (exact) mass is 230 g/mol. The molecular weight excluding hydrogens is 212 g/mol. The molecule has 1 aromatic carbocycles. The lowest BCUT2D eigenvalue weighted by Crippen LogP contribution is -2.33. The Hall–Kier alpha value is -1.79. The molecule has 17 heavy (non-hydrogen) atoms. The third kappa shape index (κ3) is 5.19. The van der Waals surface area contributed by atoms with E-state index >= 15 is 0 Å². The normalized spacial score (nSPS) is 10.7. The number of nitrogens with one attached hydrogen (secondary N) is 1. The standard InChI is InChI=1S/C14H18N2O/c1-4-11-6-5-7-12(10-11)16-13(17)8-9-14(2,3)15/h1,5-7,10H,8-9,15H2,2-3H3,(H,16,17). The van der Waals surface area contributed by atoms with Crippen molar-refractivity contribution in [1.82, 2.24) is 0 Å². The Morgan fingerprint density at radius 1 is 1.53 bits per heavy atom. The Morgan fingerprint density at radius 2 is 2.24 bits per heavy atom. The molecule has 3 heteroatoms. The van der Waals surface area contributed by atoms with Crippen molar-refractivity contribution >= 4 is 11.6 Å². The quantitative estimate of drug-likeness (QED) is 0.778. The number of benzene rings is 1. The molecule has 0 aliphatic rings. The Bertz CT molecular complexity index is 438. The van der Waals surface area contributed by atoms with Crippen LogP contribution in [0.4, 0.5) is 5.69 Å². The predicted molar refractivity (Wildman–Crippen MR) is 70.5 cm³/mol. The molecule has 1 amide bonds. The second-order valence-corrected chi connectivity index (χ2v) is 4.76. The van der Waals surface area contributed by atoms with Gasteiger partial charge in [-0.1, -0.05) is 12.0 Å². The van der Waals surface area contributed by atoms with Crippen LogP contribution in [0.1, 0.15) is 32.3 Å². The van der Waals surface area contributed by atoms with Gasteiger partial charge < -0.3 is 11.1 Å². The molecule has 3 N–H and O–H groups in total. The van der Waals surface area contributed by atoms with Crippen LogP contribution in [-0.2, 0) is 4.79 Å². The molecule has 0 bridgehead atoms. The molecule has 0 aliphatic carbocycles. The summed E-state index contributed by atoms with van der Waals surface area (Å²) in [5.41, 5.74) is 6.97.